The molecule has 2 nitrogen and oxygen atoms in total. The van der Waals surface area contributed by atoms with Crippen LogP contribution in [0.2, 0.25) is 0 Å². The summed E-state index contributed by atoms with van der Waals surface area (Å²) in [7, 11) is 0. The van der Waals surface area contributed by atoms with Crippen LogP contribution in [0.4, 0.5) is 0 Å². The fraction of sp³-hybridized carbons (Fsp3) is 0.700. The van der Waals surface area contributed by atoms with Crippen molar-refractivity contribution in [2.45, 2.75) is 40.7 Å². The molecule has 1 aromatic rings. The van der Waals surface area contributed by atoms with E-state index in [4.69, 9.17) is 0 Å². The molecule has 3 heteroatoms. The molecule has 1 N–H and O–H groups in total. The molecule has 0 saturated carbocycles. The highest BCUT2D eigenvalue weighted by atomic mass is 32.1. The highest BCUT2D eigenvalue weighted by Gasteiger charge is 1.95. The molecule has 0 radical (unpaired) electrons. The zero-order valence-electron chi connectivity index (χ0n) is 9.05. The van der Waals surface area contributed by atoms with Crippen molar-refractivity contribution in [2.75, 3.05) is 6.54 Å². The second-order valence-electron chi connectivity index (χ2n) is 2.54. The van der Waals surface area contributed by atoms with Crippen LogP contribution in [0.25, 0.3) is 0 Å². The van der Waals surface area contributed by atoms with E-state index in [1.54, 1.807) is 11.3 Å². The van der Waals surface area contributed by atoms with E-state index in [0.717, 1.165) is 13.1 Å². The maximum Gasteiger partial charge on any atom is 0.107 e. The Hall–Kier alpha value is -0.410. The van der Waals surface area contributed by atoms with Crippen molar-refractivity contribution in [1.82, 2.24) is 10.3 Å². The van der Waals surface area contributed by atoms with Crippen LogP contribution in [0.3, 0.4) is 0 Å². The molecule has 1 aromatic heterocycles. The van der Waals surface area contributed by atoms with Crippen molar-refractivity contribution in [3.8, 4) is 0 Å². The first-order chi connectivity index (χ1) is 6.33. The van der Waals surface area contributed by atoms with Gasteiger partial charge in [0.25, 0.3) is 0 Å². The Kier molecular flexibility index (Phi) is 7.94. The van der Waals surface area contributed by atoms with Gasteiger partial charge in [0.1, 0.15) is 5.01 Å². The van der Waals surface area contributed by atoms with Gasteiger partial charge in [0.05, 0.1) is 0 Å². The molecule has 0 amide bonds. The number of hydrogen-bond acceptors (Lipinski definition) is 3. The van der Waals surface area contributed by atoms with E-state index in [9.17, 15) is 0 Å². The van der Waals surface area contributed by atoms with E-state index in [0.29, 0.717) is 0 Å². The Morgan fingerprint density at radius 1 is 1.46 bits per heavy atom. The molecule has 0 atom stereocenters. The SMILES string of the molecule is CC.CCCNCc1ncc(C)s1. The number of hydrogen-bond donors (Lipinski definition) is 1. The minimum Gasteiger partial charge on any atom is -0.310 e. The van der Waals surface area contributed by atoms with Gasteiger partial charge >= 0.3 is 0 Å². The quantitative estimate of drug-likeness (QED) is 0.756. The lowest BCUT2D eigenvalue weighted by Gasteiger charge is -1.96. The molecule has 0 aliphatic heterocycles. The van der Waals surface area contributed by atoms with Crippen molar-refractivity contribution in [3.05, 3.63) is 16.1 Å². The van der Waals surface area contributed by atoms with Crippen molar-refractivity contribution in [2.24, 2.45) is 0 Å². The van der Waals surface area contributed by atoms with Crippen LogP contribution < -0.4 is 5.32 Å². The maximum absolute atomic E-state index is 4.24. The molecule has 0 unspecified atom stereocenters. The van der Waals surface area contributed by atoms with Gasteiger partial charge in [0, 0.05) is 17.6 Å². The van der Waals surface area contributed by atoms with Crippen molar-refractivity contribution >= 4 is 11.3 Å². The Labute approximate surface area is 85.4 Å². The summed E-state index contributed by atoms with van der Waals surface area (Å²) in [5.74, 6) is 0. The minimum absolute atomic E-state index is 0.923. The standard InChI is InChI=1S/C8H14N2S.C2H6/c1-3-4-9-6-8-10-5-7(2)11-8;1-2/h5,9H,3-4,6H2,1-2H3;1-2H3. The molecular formula is C10H20N2S. The van der Waals surface area contributed by atoms with Gasteiger partial charge in [0.15, 0.2) is 0 Å². The summed E-state index contributed by atoms with van der Waals surface area (Å²) in [6, 6.07) is 0. The van der Waals surface area contributed by atoms with Gasteiger partial charge in [-0.3, -0.25) is 0 Å². The molecule has 0 aliphatic rings. The minimum atomic E-state index is 0.923. The largest absolute Gasteiger partial charge is 0.310 e. The molecule has 0 fully saturated rings. The van der Waals surface area contributed by atoms with E-state index in [1.807, 2.05) is 20.0 Å². The first kappa shape index (κ1) is 12.6. The van der Waals surface area contributed by atoms with Gasteiger partial charge in [0.2, 0.25) is 0 Å². The van der Waals surface area contributed by atoms with E-state index in [-0.39, 0.29) is 0 Å². The summed E-state index contributed by atoms with van der Waals surface area (Å²) in [6.45, 7) is 10.3. The van der Waals surface area contributed by atoms with Gasteiger partial charge in [-0.1, -0.05) is 20.8 Å². The number of aryl methyl sites for hydroxylation is 1. The molecule has 0 aromatic carbocycles. The molecule has 1 rings (SSSR count). The number of aromatic nitrogens is 1. The van der Waals surface area contributed by atoms with Gasteiger partial charge in [-0.15, -0.1) is 11.3 Å². The van der Waals surface area contributed by atoms with Gasteiger partial charge in [-0.25, -0.2) is 4.98 Å². The van der Waals surface area contributed by atoms with Crippen molar-refractivity contribution < 1.29 is 0 Å². The van der Waals surface area contributed by atoms with Crippen molar-refractivity contribution in [1.29, 1.82) is 0 Å². The molecule has 0 spiro atoms. The average Bonchev–Trinajstić information content (AvgIpc) is 2.56. The van der Waals surface area contributed by atoms with Gasteiger partial charge in [-0.05, 0) is 19.9 Å². The first-order valence-corrected chi connectivity index (χ1v) is 5.76. The summed E-state index contributed by atoms with van der Waals surface area (Å²) in [5, 5.41) is 4.50. The Morgan fingerprint density at radius 3 is 2.62 bits per heavy atom. The first-order valence-electron chi connectivity index (χ1n) is 4.95. The summed E-state index contributed by atoms with van der Waals surface area (Å²) in [6.07, 6.45) is 3.11. The predicted octanol–water partition coefficient (Wildman–Crippen LogP) is 2.98. The third-order valence-electron chi connectivity index (χ3n) is 1.37. The monoisotopic (exact) mass is 200 g/mol. The Morgan fingerprint density at radius 2 is 2.15 bits per heavy atom. The van der Waals surface area contributed by atoms with E-state index in [2.05, 4.69) is 24.1 Å². The van der Waals surface area contributed by atoms with Crippen LogP contribution in [0, 0.1) is 6.92 Å². The third kappa shape index (κ3) is 5.77. The summed E-state index contributed by atoms with van der Waals surface area (Å²) in [5.41, 5.74) is 0. The molecule has 0 bridgehead atoms. The van der Waals surface area contributed by atoms with Gasteiger partial charge in [-0.2, -0.15) is 0 Å². The van der Waals surface area contributed by atoms with Crippen LogP contribution in [0.15, 0.2) is 6.20 Å². The van der Waals surface area contributed by atoms with Crippen LogP contribution in [-0.2, 0) is 6.54 Å². The zero-order chi connectivity index (χ0) is 10.1. The molecule has 13 heavy (non-hydrogen) atoms. The lowest BCUT2D eigenvalue weighted by molar-refractivity contribution is 0.673. The van der Waals surface area contributed by atoms with Crippen molar-refractivity contribution in [3.63, 3.8) is 0 Å². The number of nitrogens with zero attached hydrogens (tertiary/aromatic N) is 1. The van der Waals surface area contributed by atoms with Crippen LogP contribution >= 0.6 is 11.3 Å². The zero-order valence-corrected chi connectivity index (χ0v) is 9.87. The second kappa shape index (κ2) is 8.20. The second-order valence-corrected chi connectivity index (χ2v) is 3.86. The van der Waals surface area contributed by atoms with E-state index >= 15 is 0 Å². The van der Waals surface area contributed by atoms with Gasteiger partial charge < -0.3 is 5.32 Å². The fourth-order valence-corrected chi connectivity index (χ4v) is 1.61. The van der Waals surface area contributed by atoms with Crippen LogP contribution in [0.5, 0.6) is 0 Å². The third-order valence-corrected chi connectivity index (χ3v) is 2.28. The van der Waals surface area contributed by atoms with E-state index < -0.39 is 0 Å². The maximum atomic E-state index is 4.24. The Bertz CT molecular complexity index is 208. The predicted molar refractivity (Wildman–Crippen MR) is 60.2 cm³/mol. The smallest absolute Gasteiger partial charge is 0.107 e. The lowest BCUT2D eigenvalue weighted by Crippen LogP contribution is -2.13. The molecule has 0 aliphatic carbocycles. The molecule has 76 valence electrons. The van der Waals surface area contributed by atoms with E-state index in [1.165, 1.54) is 16.3 Å². The van der Waals surface area contributed by atoms with Crippen LogP contribution in [-0.4, -0.2) is 11.5 Å². The highest BCUT2D eigenvalue weighted by molar-refractivity contribution is 7.11. The number of rotatable bonds is 4. The average molecular weight is 200 g/mol. The topological polar surface area (TPSA) is 24.9 Å². The molecular weight excluding hydrogens is 180 g/mol. The summed E-state index contributed by atoms with van der Waals surface area (Å²) < 4.78 is 0. The summed E-state index contributed by atoms with van der Waals surface area (Å²) >= 11 is 1.76. The fourth-order valence-electron chi connectivity index (χ4n) is 0.855. The normalized spacial score (nSPS) is 9.23. The Balaban J connectivity index is 0.000000671. The number of nitrogens with one attached hydrogen (secondary N) is 1. The lowest BCUT2D eigenvalue weighted by atomic mass is 10.5. The molecule has 0 saturated heterocycles. The molecule has 1 heterocycles. The van der Waals surface area contributed by atoms with Crippen LogP contribution in [0.1, 0.15) is 37.1 Å². The number of thiazole rings is 1. The highest BCUT2D eigenvalue weighted by Crippen LogP contribution is 2.09. The summed E-state index contributed by atoms with van der Waals surface area (Å²) in [4.78, 5) is 5.53.